The van der Waals surface area contributed by atoms with Crippen LogP contribution in [0.2, 0.25) is 0 Å². The van der Waals surface area contributed by atoms with Gasteiger partial charge in [0.2, 0.25) is 0 Å². The Morgan fingerprint density at radius 3 is 2.62 bits per heavy atom. The molecule has 0 spiro atoms. The summed E-state index contributed by atoms with van der Waals surface area (Å²) in [4.78, 5) is 0. The molecule has 2 aliphatic carbocycles. The summed E-state index contributed by atoms with van der Waals surface area (Å²) in [7, 11) is 0. The van der Waals surface area contributed by atoms with Crippen LogP contribution >= 0.6 is 0 Å². The highest BCUT2D eigenvalue weighted by Crippen LogP contribution is 2.70. The molecular weight excluding hydrogens is 200 g/mol. The SMILES string of the molecule is CC12CCC(C1)C(C)(C)C2(O)C1=CCCO1. The average molecular weight is 222 g/mol. The van der Waals surface area contributed by atoms with Crippen molar-refractivity contribution in [3.05, 3.63) is 11.8 Å². The van der Waals surface area contributed by atoms with Crippen molar-refractivity contribution in [3.63, 3.8) is 0 Å². The zero-order chi connectivity index (χ0) is 11.6. The molecule has 16 heavy (non-hydrogen) atoms. The molecule has 0 radical (unpaired) electrons. The van der Waals surface area contributed by atoms with Crippen LogP contribution in [0.25, 0.3) is 0 Å². The van der Waals surface area contributed by atoms with Gasteiger partial charge in [0.1, 0.15) is 11.4 Å². The van der Waals surface area contributed by atoms with E-state index in [1.807, 2.05) is 0 Å². The fourth-order valence-corrected chi connectivity index (χ4v) is 4.54. The van der Waals surface area contributed by atoms with E-state index in [1.165, 1.54) is 6.42 Å². The Bertz CT molecular complexity index is 351. The van der Waals surface area contributed by atoms with Crippen molar-refractivity contribution in [2.45, 2.75) is 52.1 Å². The quantitative estimate of drug-likeness (QED) is 0.739. The molecule has 0 aromatic heterocycles. The number of hydrogen-bond donors (Lipinski definition) is 1. The van der Waals surface area contributed by atoms with Crippen molar-refractivity contribution >= 4 is 0 Å². The van der Waals surface area contributed by atoms with Crippen LogP contribution < -0.4 is 0 Å². The highest BCUT2D eigenvalue weighted by atomic mass is 16.5. The molecule has 3 aliphatic rings. The van der Waals surface area contributed by atoms with Gasteiger partial charge in [-0.05, 0) is 31.3 Å². The third-order valence-electron chi connectivity index (χ3n) is 5.63. The zero-order valence-electron chi connectivity index (χ0n) is 10.5. The molecular formula is C14H22O2. The Morgan fingerprint density at radius 1 is 1.38 bits per heavy atom. The van der Waals surface area contributed by atoms with Gasteiger partial charge in [0.15, 0.2) is 0 Å². The summed E-state index contributed by atoms with van der Waals surface area (Å²) in [6.45, 7) is 7.41. The molecule has 3 unspecified atom stereocenters. The van der Waals surface area contributed by atoms with Crippen molar-refractivity contribution in [1.82, 2.24) is 0 Å². The first-order valence-electron chi connectivity index (χ1n) is 6.48. The number of aliphatic hydroxyl groups is 1. The molecule has 90 valence electrons. The maximum absolute atomic E-state index is 11.3. The summed E-state index contributed by atoms with van der Waals surface area (Å²) >= 11 is 0. The topological polar surface area (TPSA) is 29.5 Å². The summed E-state index contributed by atoms with van der Waals surface area (Å²) < 4.78 is 5.70. The number of ether oxygens (including phenoxy) is 1. The first-order valence-corrected chi connectivity index (χ1v) is 6.48. The van der Waals surface area contributed by atoms with Gasteiger partial charge in [0.25, 0.3) is 0 Å². The lowest BCUT2D eigenvalue weighted by molar-refractivity contribution is -0.140. The predicted molar refractivity (Wildman–Crippen MR) is 62.8 cm³/mol. The summed E-state index contributed by atoms with van der Waals surface area (Å²) in [5.74, 6) is 1.51. The highest BCUT2D eigenvalue weighted by molar-refractivity contribution is 5.30. The summed E-state index contributed by atoms with van der Waals surface area (Å²) in [6, 6.07) is 0. The minimum atomic E-state index is -0.737. The van der Waals surface area contributed by atoms with Gasteiger partial charge >= 0.3 is 0 Å². The van der Waals surface area contributed by atoms with E-state index in [9.17, 15) is 5.11 Å². The van der Waals surface area contributed by atoms with Gasteiger partial charge in [0.05, 0.1) is 6.61 Å². The first kappa shape index (κ1) is 10.6. The van der Waals surface area contributed by atoms with Crippen LogP contribution in [0, 0.1) is 16.7 Å². The molecule has 2 saturated carbocycles. The third-order valence-corrected chi connectivity index (χ3v) is 5.63. The van der Waals surface area contributed by atoms with Crippen LogP contribution in [0.5, 0.6) is 0 Å². The summed E-state index contributed by atoms with van der Waals surface area (Å²) in [5, 5.41) is 11.3. The number of rotatable bonds is 1. The predicted octanol–water partition coefficient (Wildman–Crippen LogP) is 2.87. The van der Waals surface area contributed by atoms with Crippen LogP contribution in [0.15, 0.2) is 11.8 Å². The Kier molecular flexibility index (Phi) is 1.89. The lowest BCUT2D eigenvalue weighted by atomic mass is 9.59. The fraction of sp³-hybridized carbons (Fsp3) is 0.857. The zero-order valence-corrected chi connectivity index (χ0v) is 10.5. The molecule has 0 amide bonds. The molecule has 0 saturated heterocycles. The lowest BCUT2D eigenvalue weighted by Crippen LogP contribution is -2.55. The molecule has 2 fully saturated rings. The van der Waals surface area contributed by atoms with Crippen LogP contribution in [-0.2, 0) is 4.74 Å². The second-order valence-electron chi connectivity index (χ2n) is 6.64. The third kappa shape index (κ3) is 0.935. The smallest absolute Gasteiger partial charge is 0.132 e. The molecule has 0 aromatic rings. The Balaban J connectivity index is 2.10. The van der Waals surface area contributed by atoms with Gasteiger partial charge in [-0.3, -0.25) is 0 Å². The minimum absolute atomic E-state index is 0.0251. The van der Waals surface area contributed by atoms with Crippen LogP contribution in [-0.4, -0.2) is 17.3 Å². The molecule has 3 atom stereocenters. The molecule has 2 bridgehead atoms. The van der Waals surface area contributed by atoms with Crippen molar-refractivity contribution < 1.29 is 9.84 Å². The summed E-state index contributed by atoms with van der Waals surface area (Å²) in [5.41, 5.74) is -0.757. The average Bonchev–Trinajstić information content (AvgIpc) is 2.86. The van der Waals surface area contributed by atoms with E-state index in [0.717, 1.165) is 31.6 Å². The molecule has 2 nitrogen and oxygen atoms in total. The molecule has 1 N–H and O–H groups in total. The Labute approximate surface area is 97.7 Å². The largest absolute Gasteiger partial charge is 0.495 e. The minimum Gasteiger partial charge on any atom is -0.495 e. The van der Waals surface area contributed by atoms with E-state index in [4.69, 9.17) is 4.74 Å². The van der Waals surface area contributed by atoms with Gasteiger partial charge in [-0.1, -0.05) is 20.8 Å². The standard InChI is InChI=1S/C14H22O2/c1-12(2)10-6-7-13(3,9-10)14(12,15)11-5-4-8-16-11/h5,10,15H,4,6-9H2,1-3H3. The summed E-state index contributed by atoms with van der Waals surface area (Å²) in [6.07, 6.45) is 6.61. The molecule has 0 aromatic carbocycles. The lowest BCUT2D eigenvalue weighted by Gasteiger charge is -2.50. The number of fused-ring (bicyclic) bond motifs is 2. The molecule has 1 aliphatic heterocycles. The van der Waals surface area contributed by atoms with E-state index >= 15 is 0 Å². The monoisotopic (exact) mass is 222 g/mol. The van der Waals surface area contributed by atoms with Crippen LogP contribution in [0.1, 0.15) is 46.5 Å². The Hall–Kier alpha value is -0.500. The maximum Gasteiger partial charge on any atom is 0.132 e. The van der Waals surface area contributed by atoms with Gasteiger partial charge in [-0.25, -0.2) is 0 Å². The second-order valence-corrected chi connectivity index (χ2v) is 6.64. The van der Waals surface area contributed by atoms with E-state index in [-0.39, 0.29) is 10.8 Å². The van der Waals surface area contributed by atoms with Crippen molar-refractivity contribution in [2.24, 2.45) is 16.7 Å². The number of hydrogen-bond acceptors (Lipinski definition) is 2. The Morgan fingerprint density at radius 2 is 2.12 bits per heavy atom. The second kappa shape index (κ2) is 2.84. The van der Waals surface area contributed by atoms with E-state index < -0.39 is 5.60 Å². The van der Waals surface area contributed by atoms with Gasteiger partial charge in [-0.2, -0.15) is 0 Å². The van der Waals surface area contributed by atoms with E-state index in [1.54, 1.807) is 0 Å². The van der Waals surface area contributed by atoms with E-state index in [2.05, 4.69) is 26.8 Å². The van der Waals surface area contributed by atoms with Crippen molar-refractivity contribution in [1.29, 1.82) is 0 Å². The maximum atomic E-state index is 11.3. The molecule has 3 rings (SSSR count). The molecule has 2 heteroatoms. The van der Waals surface area contributed by atoms with Crippen LogP contribution in [0.4, 0.5) is 0 Å². The van der Waals surface area contributed by atoms with Crippen molar-refractivity contribution in [2.75, 3.05) is 6.61 Å². The van der Waals surface area contributed by atoms with Crippen LogP contribution in [0.3, 0.4) is 0 Å². The fourth-order valence-electron chi connectivity index (χ4n) is 4.54. The normalized spacial score (nSPS) is 49.2. The van der Waals surface area contributed by atoms with Crippen molar-refractivity contribution in [3.8, 4) is 0 Å². The van der Waals surface area contributed by atoms with Gasteiger partial charge < -0.3 is 9.84 Å². The molecule has 1 heterocycles. The first-order chi connectivity index (χ1) is 7.42. The van der Waals surface area contributed by atoms with Gasteiger partial charge in [0, 0.05) is 17.3 Å². The van der Waals surface area contributed by atoms with E-state index in [0.29, 0.717) is 5.92 Å². The highest BCUT2D eigenvalue weighted by Gasteiger charge is 2.70. The van der Waals surface area contributed by atoms with Gasteiger partial charge in [-0.15, -0.1) is 0 Å².